The maximum atomic E-state index is 13.9. The number of aliphatic carboxylic acids is 1. The topological polar surface area (TPSA) is 87.1 Å². The lowest BCUT2D eigenvalue weighted by molar-refractivity contribution is -0.141. The lowest BCUT2D eigenvalue weighted by Crippen LogP contribution is -2.50. The smallest absolute Gasteiger partial charge is 0.338 e. The highest BCUT2D eigenvalue weighted by molar-refractivity contribution is 5.95. The Hall–Kier alpha value is -4.39. The molecule has 0 aromatic heterocycles. The Balaban J connectivity index is 1.75. The van der Waals surface area contributed by atoms with Crippen LogP contribution in [-0.2, 0) is 27.5 Å². The Morgan fingerprint density at radius 2 is 1.43 bits per heavy atom. The van der Waals surface area contributed by atoms with E-state index in [9.17, 15) is 19.5 Å². The molecule has 0 radical (unpaired) electrons. The molecular weight excluding hydrogens is 468 g/mol. The second kappa shape index (κ2) is 12.0. The van der Waals surface area contributed by atoms with Gasteiger partial charge < -0.3 is 14.7 Å². The number of esters is 1. The van der Waals surface area contributed by atoms with E-state index in [2.05, 4.69) is 0 Å². The van der Waals surface area contributed by atoms with E-state index in [1.54, 1.807) is 16.7 Å². The molecule has 1 unspecified atom stereocenters. The van der Waals surface area contributed by atoms with Crippen LogP contribution in [-0.4, -0.2) is 39.4 Å². The Kier molecular flexibility index (Phi) is 8.36. The molecule has 4 rings (SSSR count). The van der Waals surface area contributed by atoms with Gasteiger partial charge in [-0.05, 0) is 30.0 Å². The number of rotatable bonds is 10. The molecule has 1 heterocycles. The van der Waals surface area contributed by atoms with Crippen molar-refractivity contribution in [1.29, 1.82) is 0 Å². The van der Waals surface area contributed by atoms with E-state index in [0.29, 0.717) is 11.3 Å². The first kappa shape index (κ1) is 25.7. The first-order valence-corrected chi connectivity index (χ1v) is 12.3. The maximum Gasteiger partial charge on any atom is 0.338 e. The fraction of sp³-hybridized carbons (Fsp3) is 0.233. The number of hydrogen-bond donors (Lipinski definition) is 1. The number of carboxylic acid groups (broad SMARTS) is 1. The van der Waals surface area contributed by atoms with E-state index in [1.165, 1.54) is 0 Å². The number of carboxylic acids is 1. The van der Waals surface area contributed by atoms with Crippen molar-refractivity contribution in [1.82, 2.24) is 9.80 Å². The minimum atomic E-state index is -0.934. The van der Waals surface area contributed by atoms with Gasteiger partial charge in [-0.1, -0.05) is 91.0 Å². The van der Waals surface area contributed by atoms with Gasteiger partial charge in [-0.15, -0.1) is 0 Å². The van der Waals surface area contributed by atoms with Crippen molar-refractivity contribution in [3.63, 3.8) is 0 Å². The van der Waals surface area contributed by atoms with Crippen molar-refractivity contribution in [2.24, 2.45) is 0 Å². The summed E-state index contributed by atoms with van der Waals surface area (Å²) in [4.78, 5) is 41.9. The van der Waals surface area contributed by atoms with Crippen molar-refractivity contribution in [3.05, 3.63) is 119 Å². The molecule has 3 aromatic carbocycles. The van der Waals surface area contributed by atoms with E-state index < -0.39 is 18.0 Å². The fourth-order valence-electron chi connectivity index (χ4n) is 4.53. The van der Waals surface area contributed by atoms with Crippen molar-refractivity contribution in [2.45, 2.75) is 39.0 Å². The largest absolute Gasteiger partial charge is 0.481 e. The van der Waals surface area contributed by atoms with Gasteiger partial charge in [-0.3, -0.25) is 9.69 Å². The Morgan fingerprint density at radius 3 is 2.03 bits per heavy atom. The molecule has 7 heteroatoms. The summed E-state index contributed by atoms with van der Waals surface area (Å²) in [6.45, 7) is 2.32. The second-order valence-electron chi connectivity index (χ2n) is 8.92. The molecule has 0 fully saturated rings. The minimum absolute atomic E-state index is 0.0829. The highest BCUT2D eigenvalue weighted by Gasteiger charge is 2.42. The van der Waals surface area contributed by atoms with Crippen LogP contribution in [0.5, 0.6) is 0 Å². The van der Waals surface area contributed by atoms with Crippen LogP contribution in [0, 0.1) is 0 Å². The van der Waals surface area contributed by atoms with Crippen LogP contribution in [0.4, 0.5) is 4.79 Å². The third-order valence-electron chi connectivity index (χ3n) is 6.38. The monoisotopic (exact) mass is 498 g/mol. The average Bonchev–Trinajstić information content (AvgIpc) is 2.92. The summed E-state index contributed by atoms with van der Waals surface area (Å²) in [5.41, 5.74) is 3.42. The number of carbonyl (C=O) groups excluding carboxylic acids is 2. The van der Waals surface area contributed by atoms with E-state index in [1.807, 2.05) is 91.0 Å². The molecule has 1 atom stereocenters. The van der Waals surface area contributed by atoms with Crippen molar-refractivity contribution in [3.8, 4) is 0 Å². The molecule has 0 aliphatic carbocycles. The summed E-state index contributed by atoms with van der Waals surface area (Å²) in [5.74, 6) is -1.44. The van der Waals surface area contributed by atoms with Gasteiger partial charge >= 0.3 is 18.0 Å². The van der Waals surface area contributed by atoms with E-state index in [4.69, 9.17) is 4.74 Å². The van der Waals surface area contributed by atoms with Gasteiger partial charge in [0.1, 0.15) is 6.61 Å². The highest BCUT2D eigenvalue weighted by atomic mass is 16.5. The number of hydrogen-bond acceptors (Lipinski definition) is 4. The second-order valence-corrected chi connectivity index (χ2v) is 8.92. The summed E-state index contributed by atoms with van der Waals surface area (Å²) in [6.07, 6.45) is 0.176. The molecule has 37 heavy (non-hydrogen) atoms. The van der Waals surface area contributed by atoms with Crippen LogP contribution < -0.4 is 0 Å². The third-order valence-corrected chi connectivity index (χ3v) is 6.38. The number of amides is 2. The molecule has 3 aromatic rings. The number of allylic oxidation sites excluding steroid dienone is 1. The van der Waals surface area contributed by atoms with Crippen LogP contribution >= 0.6 is 0 Å². The summed E-state index contributed by atoms with van der Waals surface area (Å²) >= 11 is 0. The lowest BCUT2D eigenvalue weighted by atomic mass is 9.92. The molecular formula is C30H30N2O5. The summed E-state index contributed by atoms with van der Waals surface area (Å²) in [6, 6.07) is 27.3. The molecule has 0 spiro atoms. The highest BCUT2D eigenvalue weighted by Crippen LogP contribution is 2.38. The summed E-state index contributed by atoms with van der Waals surface area (Å²) in [7, 11) is 0. The van der Waals surface area contributed by atoms with Crippen LogP contribution in [0.3, 0.4) is 0 Å². The fourth-order valence-corrected chi connectivity index (χ4v) is 4.53. The zero-order valence-electron chi connectivity index (χ0n) is 20.7. The maximum absolute atomic E-state index is 13.9. The lowest BCUT2D eigenvalue weighted by Gasteiger charge is -2.43. The van der Waals surface area contributed by atoms with Crippen LogP contribution in [0.2, 0.25) is 0 Å². The van der Waals surface area contributed by atoms with Gasteiger partial charge in [0.05, 0.1) is 18.2 Å². The van der Waals surface area contributed by atoms with Gasteiger partial charge in [0.25, 0.3) is 0 Å². The van der Waals surface area contributed by atoms with Gasteiger partial charge in [-0.2, -0.15) is 0 Å². The van der Waals surface area contributed by atoms with Gasteiger partial charge in [0.15, 0.2) is 0 Å². The minimum Gasteiger partial charge on any atom is -0.481 e. The SMILES string of the molecule is CC1=C(C(=O)OCc2ccccc2)C(c2ccccc2)N(CCCC(=O)O)C(=O)N1Cc1ccccc1. The normalized spacial score (nSPS) is 15.6. The zero-order valence-corrected chi connectivity index (χ0v) is 20.7. The quantitative estimate of drug-likeness (QED) is 0.371. The predicted octanol–water partition coefficient (Wildman–Crippen LogP) is 5.55. The van der Waals surface area contributed by atoms with E-state index in [0.717, 1.165) is 16.7 Å². The summed E-state index contributed by atoms with van der Waals surface area (Å²) in [5, 5.41) is 9.20. The molecule has 1 N–H and O–H groups in total. The van der Waals surface area contributed by atoms with Crippen LogP contribution in [0.1, 0.15) is 42.5 Å². The number of ether oxygens (including phenoxy) is 1. The van der Waals surface area contributed by atoms with Gasteiger partial charge in [-0.25, -0.2) is 9.59 Å². The molecule has 0 saturated carbocycles. The van der Waals surface area contributed by atoms with Crippen LogP contribution in [0.25, 0.3) is 0 Å². The Morgan fingerprint density at radius 1 is 0.865 bits per heavy atom. The molecule has 1 aliphatic heterocycles. The average molecular weight is 499 g/mol. The number of benzene rings is 3. The Labute approximate surface area is 216 Å². The summed E-state index contributed by atoms with van der Waals surface area (Å²) < 4.78 is 5.76. The molecule has 190 valence electrons. The first-order chi connectivity index (χ1) is 18.0. The predicted molar refractivity (Wildman–Crippen MR) is 139 cm³/mol. The van der Waals surface area contributed by atoms with E-state index >= 15 is 0 Å². The number of nitrogens with zero attached hydrogens (tertiary/aromatic N) is 2. The molecule has 2 amide bonds. The third kappa shape index (κ3) is 6.25. The molecule has 7 nitrogen and oxygen atoms in total. The zero-order chi connectivity index (χ0) is 26.2. The van der Waals surface area contributed by atoms with Crippen molar-refractivity contribution in [2.75, 3.05) is 6.54 Å². The van der Waals surface area contributed by atoms with Crippen molar-refractivity contribution >= 4 is 18.0 Å². The van der Waals surface area contributed by atoms with Gasteiger partial charge in [0, 0.05) is 18.7 Å². The number of urea groups is 1. The Bertz CT molecular complexity index is 1260. The number of carbonyl (C=O) groups is 3. The van der Waals surface area contributed by atoms with Crippen LogP contribution in [0.15, 0.2) is 102 Å². The van der Waals surface area contributed by atoms with Crippen molar-refractivity contribution < 1.29 is 24.2 Å². The van der Waals surface area contributed by atoms with Gasteiger partial charge in [0.2, 0.25) is 0 Å². The molecule has 0 bridgehead atoms. The molecule has 0 saturated heterocycles. The standard InChI is InChI=1S/C30H30N2O5/c1-22-27(29(35)37-21-24-14-7-3-8-15-24)28(25-16-9-4-10-17-25)31(19-11-18-26(33)34)30(36)32(22)20-23-12-5-2-6-13-23/h2-10,12-17,28H,11,18-21H2,1H3,(H,33,34). The first-order valence-electron chi connectivity index (χ1n) is 12.3. The van der Waals surface area contributed by atoms with E-state index in [-0.39, 0.29) is 38.6 Å². The molecule has 1 aliphatic rings.